The molecule has 1 aromatic carbocycles. The third kappa shape index (κ3) is 2.80. The van der Waals surface area contributed by atoms with Crippen molar-refractivity contribution in [2.75, 3.05) is 0 Å². The van der Waals surface area contributed by atoms with E-state index in [1.807, 2.05) is 6.07 Å². The first-order valence-electron chi connectivity index (χ1n) is 5.04. The van der Waals surface area contributed by atoms with Crippen LogP contribution in [0.1, 0.15) is 11.1 Å². The summed E-state index contributed by atoms with van der Waals surface area (Å²) < 4.78 is 5.53. The van der Waals surface area contributed by atoms with Crippen molar-refractivity contribution in [2.24, 2.45) is 0 Å². The SMILES string of the molecule is N#Cc1cncc(Oc2ccc(CO)cc2)c1. The van der Waals surface area contributed by atoms with Crippen LogP contribution in [0, 0.1) is 11.3 Å². The number of benzene rings is 1. The number of nitrogens with zero attached hydrogens (tertiary/aromatic N) is 2. The normalized spacial score (nSPS) is 9.65. The van der Waals surface area contributed by atoms with Crippen molar-refractivity contribution in [3.05, 3.63) is 53.9 Å². The Labute approximate surface area is 98.7 Å². The first-order chi connectivity index (χ1) is 8.31. The molecule has 0 aliphatic heterocycles. The molecule has 4 heteroatoms. The molecular weight excluding hydrogens is 216 g/mol. The Kier molecular flexibility index (Phi) is 3.34. The molecule has 17 heavy (non-hydrogen) atoms. The fourth-order valence-electron chi connectivity index (χ4n) is 1.33. The molecular formula is C13H10N2O2. The maximum absolute atomic E-state index is 8.90. The molecule has 1 aromatic heterocycles. The Morgan fingerprint density at radius 1 is 1.18 bits per heavy atom. The predicted octanol–water partition coefficient (Wildman–Crippen LogP) is 2.24. The van der Waals surface area contributed by atoms with E-state index in [2.05, 4.69) is 4.98 Å². The van der Waals surface area contributed by atoms with Gasteiger partial charge >= 0.3 is 0 Å². The number of hydrogen-bond donors (Lipinski definition) is 1. The highest BCUT2D eigenvalue weighted by atomic mass is 16.5. The maximum atomic E-state index is 8.90. The molecule has 0 fully saturated rings. The molecule has 2 aromatic rings. The van der Waals surface area contributed by atoms with Gasteiger partial charge in [0.15, 0.2) is 0 Å². The van der Waals surface area contributed by atoms with Gasteiger partial charge < -0.3 is 9.84 Å². The number of pyridine rings is 1. The van der Waals surface area contributed by atoms with Gasteiger partial charge in [0.2, 0.25) is 0 Å². The van der Waals surface area contributed by atoms with E-state index in [0.717, 1.165) is 5.56 Å². The molecule has 4 nitrogen and oxygen atoms in total. The minimum atomic E-state index is 0.00571. The van der Waals surface area contributed by atoms with Crippen LogP contribution in [0.5, 0.6) is 11.5 Å². The van der Waals surface area contributed by atoms with Crippen LogP contribution in [0.3, 0.4) is 0 Å². The quantitative estimate of drug-likeness (QED) is 0.871. The molecule has 1 heterocycles. The Bertz CT molecular complexity index is 544. The summed E-state index contributed by atoms with van der Waals surface area (Å²) in [4.78, 5) is 3.90. The standard InChI is InChI=1S/C13H10N2O2/c14-6-11-5-13(8-15-7-11)17-12-3-1-10(9-16)2-4-12/h1-5,7-8,16H,9H2. The molecule has 0 aliphatic rings. The first kappa shape index (κ1) is 11.1. The van der Waals surface area contributed by atoms with Crippen molar-refractivity contribution in [1.82, 2.24) is 4.98 Å². The number of rotatable bonds is 3. The lowest BCUT2D eigenvalue weighted by Crippen LogP contribution is -1.88. The van der Waals surface area contributed by atoms with E-state index in [9.17, 15) is 0 Å². The molecule has 1 N–H and O–H groups in total. The molecule has 84 valence electrons. The molecule has 0 amide bonds. The van der Waals surface area contributed by atoms with Gasteiger partial charge in [0.25, 0.3) is 0 Å². The average Bonchev–Trinajstić information content (AvgIpc) is 2.40. The molecule has 0 bridgehead atoms. The van der Waals surface area contributed by atoms with E-state index in [4.69, 9.17) is 15.1 Å². The third-order valence-electron chi connectivity index (χ3n) is 2.18. The van der Waals surface area contributed by atoms with Crippen LogP contribution >= 0.6 is 0 Å². The Balaban J connectivity index is 2.16. The van der Waals surface area contributed by atoms with Crippen molar-refractivity contribution < 1.29 is 9.84 Å². The van der Waals surface area contributed by atoms with Gasteiger partial charge in [-0.1, -0.05) is 12.1 Å². The van der Waals surface area contributed by atoms with Gasteiger partial charge in [-0.05, 0) is 17.7 Å². The topological polar surface area (TPSA) is 66.1 Å². The van der Waals surface area contributed by atoms with Crippen LogP contribution in [-0.4, -0.2) is 10.1 Å². The monoisotopic (exact) mass is 226 g/mol. The molecule has 0 spiro atoms. The Morgan fingerprint density at radius 3 is 2.59 bits per heavy atom. The minimum absolute atomic E-state index is 0.00571. The van der Waals surface area contributed by atoms with E-state index < -0.39 is 0 Å². The molecule has 0 unspecified atom stereocenters. The molecule has 2 rings (SSSR count). The third-order valence-corrected chi connectivity index (χ3v) is 2.18. The number of aromatic nitrogens is 1. The van der Waals surface area contributed by atoms with Gasteiger partial charge in [0.05, 0.1) is 18.4 Å². The van der Waals surface area contributed by atoms with Gasteiger partial charge in [0.1, 0.15) is 17.6 Å². The summed E-state index contributed by atoms with van der Waals surface area (Å²) in [7, 11) is 0. The van der Waals surface area contributed by atoms with Crippen LogP contribution in [0.25, 0.3) is 0 Å². The van der Waals surface area contributed by atoms with E-state index >= 15 is 0 Å². The zero-order valence-electron chi connectivity index (χ0n) is 9.00. The zero-order chi connectivity index (χ0) is 12.1. The van der Waals surface area contributed by atoms with E-state index in [1.165, 1.54) is 6.20 Å². The smallest absolute Gasteiger partial charge is 0.147 e. The predicted molar refractivity (Wildman–Crippen MR) is 61.4 cm³/mol. The highest BCUT2D eigenvalue weighted by molar-refractivity contribution is 5.36. The summed E-state index contributed by atoms with van der Waals surface area (Å²) in [5.41, 5.74) is 1.27. The fourth-order valence-corrected chi connectivity index (χ4v) is 1.33. The molecule has 0 aliphatic carbocycles. The lowest BCUT2D eigenvalue weighted by molar-refractivity contribution is 0.281. The van der Waals surface area contributed by atoms with Crippen LogP contribution in [0.2, 0.25) is 0 Å². The molecule has 0 saturated carbocycles. The van der Waals surface area contributed by atoms with Crippen molar-refractivity contribution in [1.29, 1.82) is 5.26 Å². The number of nitriles is 1. The highest BCUT2D eigenvalue weighted by Gasteiger charge is 1.99. The molecule has 0 saturated heterocycles. The number of hydrogen-bond acceptors (Lipinski definition) is 4. The zero-order valence-corrected chi connectivity index (χ0v) is 9.00. The van der Waals surface area contributed by atoms with Crippen LogP contribution in [0.15, 0.2) is 42.7 Å². The summed E-state index contributed by atoms with van der Waals surface area (Å²) in [6, 6.07) is 10.7. The van der Waals surface area contributed by atoms with E-state index in [1.54, 1.807) is 36.5 Å². The summed E-state index contributed by atoms with van der Waals surface area (Å²) in [6.07, 6.45) is 3.02. The van der Waals surface area contributed by atoms with Gasteiger partial charge in [0, 0.05) is 12.3 Å². The Hall–Kier alpha value is -2.38. The number of aliphatic hydroxyl groups excluding tert-OH is 1. The highest BCUT2D eigenvalue weighted by Crippen LogP contribution is 2.21. The molecule has 0 atom stereocenters. The summed E-state index contributed by atoms with van der Waals surface area (Å²) in [6.45, 7) is 0.00571. The van der Waals surface area contributed by atoms with E-state index in [-0.39, 0.29) is 6.61 Å². The minimum Gasteiger partial charge on any atom is -0.456 e. The van der Waals surface area contributed by atoms with Gasteiger partial charge in [-0.2, -0.15) is 5.26 Å². The van der Waals surface area contributed by atoms with Crippen molar-refractivity contribution >= 4 is 0 Å². The second kappa shape index (κ2) is 5.10. The average molecular weight is 226 g/mol. The van der Waals surface area contributed by atoms with Crippen LogP contribution < -0.4 is 4.74 Å². The molecule has 0 radical (unpaired) electrons. The van der Waals surface area contributed by atoms with Crippen molar-refractivity contribution in [3.8, 4) is 17.6 Å². The summed E-state index contributed by atoms with van der Waals surface area (Å²) in [5.74, 6) is 1.15. The van der Waals surface area contributed by atoms with Crippen LogP contribution in [0.4, 0.5) is 0 Å². The van der Waals surface area contributed by atoms with Crippen molar-refractivity contribution in [2.45, 2.75) is 6.61 Å². The first-order valence-corrected chi connectivity index (χ1v) is 5.04. The second-order valence-corrected chi connectivity index (χ2v) is 3.43. The van der Waals surface area contributed by atoms with Crippen LogP contribution in [-0.2, 0) is 6.61 Å². The van der Waals surface area contributed by atoms with Gasteiger partial charge in [-0.25, -0.2) is 0 Å². The number of aliphatic hydroxyl groups is 1. The van der Waals surface area contributed by atoms with Gasteiger partial charge in [-0.3, -0.25) is 4.98 Å². The summed E-state index contributed by atoms with van der Waals surface area (Å²) >= 11 is 0. The fraction of sp³-hybridized carbons (Fsp3) is 0.0769. The van der Waals surface area contributed by atoms with Gasteiger partial charge in [-0.15, -0.1) is 0 Å². The Morgan fingerprint density at radius 2 is 1.94 bits per heavy atom. The van der Waals surface area contributed by atoms with Crippen molar-refractivity contribution in [3.63, 3.8) is 0 Å². The lowest BCUT2D eigenvalue weighted by atomic mass is 10.2. The van der Waals surface area contributed by atoms with E-state index in [0.29, 0.717) is 17.1 Å². The number of ether oxygens (including phenoxy) is 1. The summed E-state index contributed by atoms with van der Waals surface area (Å²) in [5, 5.41) is 17.6. The second-order valence-electron chi connectivity index (χ2n) is 3.43. The maximum Gasteiger partial charge on any atom is 0.147 e. The lowest BCUT2D eigenvalue weighted by Gasteiger charge is -2.05. The largest absolute Gasteiger partial charge is 0.456 e.